The number of hydrogen-bond donors (Lipinski definition) is 2. The quantitative estimate of drug-likeness (QED) is 0.814. The topological polar surface area (TPSA) is 78.3 Å². The van der Waals surface area contributed by atoms with Crippen molar-refractivity contribution in [2.24, 2.45) is 0 Å². The molecule has 2 aromatic carbocycles. The van der Waals surface area contributed by atoms with E-state index in [1.807, 2.05) is 0 Å². The predicted octanol–water partition coefficient (Wildman–Crippen LogP) is 1.95. The van der Waals surface area contributed by atoms with E-state index in [1.54, 1.807) is 48.5 Å². The average molecular weight is 248 g/mol. The number of rotatable bonds is 3. The molecule has 0 aliphatic carbocycles. The zero-order chi connectivity index (χ0) is 12.3. The molecule has 0 spiro atoms. The van der Waals surface area contributed by atoms with Crippen molar-refractivity contribution in [3.05, 3.63) is 48.5 Å². The van der Waals surface area contributed by atoms with Gasteiger partial charge in [-0.2, -0.15) is 0 Å². The molecule has 1 atom stereocenters. The minimum Gasteiger partial charge on any atom is -0.399 e. The van der Waals surface area contributed by atoms with E-state index in [9.17, 15) is 4.21 Å². The average Bonchev–Trinajstić information content (AvgIpc) is 2.32. The summed E-state index contributed by atoms with van der Waals surface area (Å²) in [6, 6.07) is 13.5. The molecule has 0 heterocycles. The van der Waals surface area contributed by atoms with Gasteiger partial charge in [-0.25, -0.2) is 4.21 Å². The maximum atomic E-state index is 11.9. The van der Waals surface area contributed by atoms with Crippen LogP contribution >= 0.6 is 0 Å². The van der Waals surface area contributed by atoms with E-state index in [0.29, 0.717) is 22.0 Å². The first-order valence-electron chi connectivity index (χ1n) is 4.96. The first-order chi connectivity index (χ1) is 8.15. The Balaban J connectivity index is 2.14. The lowest BCUT2D eigenvalue weighted by Crippen LogP contribution is -2.01. The van der Waals surface area contributed by atoms with E-state index in [1.165, 1.54) is 0 Å². The Morgan fingerprint density at radius 3 is 2.29 bits per heavy atom. The molecule has 4 N–H and O–H groups in total. The summed E-state index contributed by atoms with van der Waals surface area (Å²) < 4.78 is 17.1. The van der Waals surface area contributed by atoms with Crippen LogP contribution in [0.5, 0.6) is 5.75 Å². The maximum absolute atomic E-state index is 11.9. The second-order valence-corrected chi connectivity index (χ2v) is 4.57. The summed E-state index contributed by atoms with van der Waals surface area (Å²) in [5, 5.41) is 0. The molecule has 0 saturated heterocycles. The van der Waals surface area contributed by atoms with Crippen LogP contribution in [-0.4, -0.2) is 4.21 Å². The smallest absolute Gasteiger partial charge is 0.240 e. The first-order valence-corrected chi connectivity index (χ1v) is 6.04. The van der Waals surface area contributed by atoms with Crippen molar-refractivity contribution >= 4 is 22.5 Å². The molecular weight excluding hydrogens is 236 g/mol. The Morgan fingerprint density at radius 2 is 1.65 bits per heavy atom. The molecule has 2 aromatic rings. The molecule has 0 aliphatic heterocycles. The number of anilines is 2. The fourth-order valence-corrected chi connectivity index (χ4v) is 2.08. The largest absolute Gasteiger partial charge is 0.399 e. The summed E-state index contributed by atoms with van der Waals surface area (Å²) in [6.07, 6.45) is 0. The van der Waals surface area contributed by atoms with Crippen LogP contribution in [0.1, 0.15) is 0 Å². The van der Waals surface area contributed by atoms with Crippen LogP contribution in [0.15, 0.2) is 53.4 Å². The Hall–Kier alpha value is -2.01. The summed E-state index contributed by atoms with van der Waals surface area (Å²) in [5.41, 5.74) is 12.3. The highest BCUT2D eigenvalue weighted by atomic mass is 32.2. The number of benzene rings is 2. The molecule has 0 saturated carbocycles. The standard InChI is InChI=1S/C12H12N2O2S/c13-9-4-6-11(7-5-9)16-17(15)12-3-1-2-10(14)8-12/h1-8H,13-14H2. The minimum atomic E-state index is -1.57. The third kappa shape index (κ3) is 2.98. The zero-order valence-corrected chi connectivity index (χ0v) is 9.81. The van der Waals surface area contributed by atoms with Crippen molar-refractivity contribution in [2.75, 3.05) is 11.5 Å². The second kappa shape index (κ2) is 4.88. The van der Waals surface area contributed by atoms with Crippen LogP contribution in [0.25, 0.3) is 0 Å². The Labute approximate surface area is 102 Å². The van der Waals surface area contributed by atoms with Crippen LogP contribution in [0.3, 0.4) is 0 Å². The summed E-state index contributed by atoms with van der Waals surface area (Å²) in [7, 11) is 0. The third-order valence-corrected chi connectivity index (χ3v) is 3.09. The van der Waals surface area contributed by atoms with Gasteiger partial charge < -0.3 is 15.7 Å². The van der Waals surface area contributed by atoms with E-state index in [2.05, 4.69) is 0 Å². The lowest BCUT2D eigenvalue weighted by Gasteiger charge is -2.05. The Kier molecular flexibility index (Phi) is 3.30. The van der Waals surface area contributed by atoms with E-state index < -0.39 is 11.1 Å². The molecule has 4 nitrogen and oxygen atoms in total. The molecule has 0 aliphatic rings. The summed E-state index contributed by atoms with van der Waals surface area (Å²) in [5.74, 6) is 0.500. The van der Waals surface area contributed by atoms with Crippen LogP contribution in [0, 0.1) is 0 Å². The van der Waals surface area contributed by atoms with E-state index in [4.69, 9.17) is 15.7 Å². The minimum absolute atomic E-state index is 0.500. The maximum Gasteiger partial charge on any atom is 0.240 e. The van der Waals surface area contributed by atoms with Gasteiger partial charge in [0.1, 0.15) is 5.75 Å². The van der Waals surface area contributed by atoms with Gasteiger partial charge in [0.15, 0.2) is 0 Å². The molecule has 2 rings (SSSR count). The Morgan fingerprint density at radius 1 is 0.941 bits per heavy atom. The molecule has 0 aromatic heterocycles. The van der Waals surface area contributed by atoms with Crippen molar-refractivity contribution < 1.29 is 8.39 Å². The lowest BCUT2D eigenvalue weighted by atomic mass is 10.3. The van der Waals surface area contributed by atoms with Gasteiger partial charge in [-0.1, -0.05) is 6.07 Å². The van der Waals surface area contributed by atoms with Crippen LogP contribution in [0.2, 0.25) is 0 Å². The van der Waals surface area contributed by atoms with Gasteiger partial charge in [0, 0.05) is 11.4 Å². The van der Waals surface area contributed by atoms with Gasteiger partial charge in [0.05, 0.1) is 4.90 Å². The van der Waals surface area contributed by atoms with Crippen molar-refractivity contribution in [1.29, 1.82) is 0 Å². The highest BCUT2D eigenvalue weighted by molar-refractivity contribution is 7.80. The summed E-state index contributed by atoms with van der Waals surface area (Å²) in [6.45, 7) is 0. The van der Waals surface area contributed by atoms with Crippen LogP contribution < -0.4 is 15.7 Å². The highest BCUT2D eigenvalue weighted by Gasteiger charge is 2.06. The summed E-state index contributed by atoms with van der Waals surface area (Å²) in [4.78, 5) is 0.529. The first kappa shape index (κ1) is 11.5. The fraction of sp³-hybridized carbons (Fsp3) is 0. The molecule has 17 heavy (non-hydrogen) atoms. The van der Waals surface area contributed by atoms with Gasteiger partial charge in [-0.05, 0) is 42.5 Å². The molecule has 0 radical (unpaired) electrons. The SMILES string of the molecule is Nc1ccc(OS(=O)c2cccc(N)c2)cc1. The third-order valence-electron chi connectivity index (χ3n) is 2.10. The molecule has 5 heteroatoms. The fourth-order valence-electron chi connectivity index (χ4n) is 1.28. The van der Waals surface area contributed by atoms with Gasteiger partial charge in [-0.3, -0.25) is 0 Å². The van der Waals surface area contributed by atoms with Gasteiger partial charge in [0.25, 0.3) is 0 Å². The monoisotopic (exact) mass is 248 g/mol. The van der Waals surface area contributed by atoms with Crippen molar-refractivity contribution in [3.8, 4) is 5.75 Å². The van der Waals surface area contributed by atoms with Crippen molar-refractivity contribution in [1.82, 2.24) is 0 Å². The molecule has 0 amide bonds. The van der Waals surface area contributed by atoms with E-state index >= 15 is 0 Å². The highest BCUT2D eigenvalue weighted by Crippen LogP contribution is 2.18. The number of hydrogen-bond acceptors (Lipinski definition) is 4. The van der Waals surface area contributed by atoms with Gasteiger partial charge >= 0.3 is 0 Å². The van der Waals surface area contributed by atoms with E-state index in [-0.39, 0.29) is 0 Å². The molecular formula is C12H12N2O2S. The van der Waals surface area contributed by atoms with Gasteiger partial charge in [0.2, 0.25) is 11.1 Å². The molecule has 0 bridgehead atoms. The molecule has 1 unspecified atom stereocenters. The number of nitrogens with two attached hydrogens (primary N) is 2. The van der Waals surface area contributed by atoms with Crippen LogP contribution in [0.4, 0.5) is 11.4 Å². The lowest BCUT2D eigenvalue weighted by molar-refractivity contribution is 0.562. The molecule has 0 fully saturated rings. The normalized spacial score (nSPS) is 12.0. The van der Waals surface area contributed by atoms with Crippen molar-refractivity contribution in [3.63, 3.8) is 0 Å². The van der Waals surface area contributed by atoms with Crippen molar-refractivity contribution in [2.45, 2.75) is 4.90 Å². The molecule has 88 valence electrons. The second-order valence-electron chi connectivity index (χ2n) is 3.46. The number of nitrogen functional groups attached to an aromatic ring is 2. The van der Waals surface area contributed by atoms with E-state index in [0.717, 1.165) is 0 Å². The predicted molar refractivity (Wildman–Crippen MR) is 68.7 cm³/mol. The summed E-state index contributed by atoms with van der Waals surface area (Å²) >= 11 is -1.57. The van der Waals surface area contributed by atoms with Gasteiger partial charge in [-0.15, -0.1) is 0 Å². The van der Waals surface area contributed by atoms with Crippen LogP contribution in [-0.2, 0) is 11.1 Å². The Bertz CT molecular complexity index is 540. The zero-order valence-electron chi connectivity index (χ0n) is 9.00.